The number of nitriles is 1. The standard InChI is InChI=1S/C12H17N3O3/c1-14(6-2-5-13)12(18)15-8-3-4-10(15)9(7-8)11(16)17/h8-10H,2-4,6-7H2,1H3,(H,16,17). The van der Waals surface area contributed by atoms with Crippen molar-refractivity contribution in [1.29, 1.82) is 5.26 Å². The first kappa shape index (κ1) is 12.7. The molecule has 1 N–H and O–H groups in total. The first-order chi connectivity index (χ1) is 8.56. The minimum absolute atomic E-state index is 0.0631. The second-order valence-electron chi connectivity index (χ2n) is 5.00. The molecule has 0 aromatic carbocycles. The number of urea groups is 1. The van der Waals surface area contributed by atoms with Gasteiger partial charge in [0.2, 0.25) is 0 Å². The molecule has 2 fully saturated rings. The molecule has 0 saturated carbocycles. The third-order valence-corrected chi connectivity index (χ3v) is 3.96. The molecule has 3 unspecified atom stereocenters. The summed E-state index contributed by atoms with van der Waals surface area (Å²) in [6, 6.07) is 1.77. The van der Waals surface area contributed by atoms with Gasteiger partial charge in [0.1, 0.15) is 0 Å². The van der Waals surface area contributed by atoms with Crippen molar-refractivity contribution >= 4 is 12.0 Å². The van der Waals surface area contributed by atoms with Gasteiger partial charge in [-0.25, -0.2) is 4.79 Å². The van der Waals surface area contributed by atoms with Gasteiger partial charge in [0.25, 0.3) is 0 Å². The zero-order valence-corrected chi connectivity index (χ0v) is 10.4. The van der Waals surface area contributed by atoms with Gasteiger partial charge in [-0.3, -0.25) is 4.79 Å². The number of carboxylic acids is 1. The number of carbonyl (C=O) groups is 2. The predicted octanol–water partition coefficient (Wildman–Crippen LogP) is 0.889. The topological polar surface area (TPSA) is 84.6 Å². The van der Waals surface area contributed by atoms with E-state index in [9.17, 15) is 9.59 Å². The molecule has 2 saturated heterocycles. The van der Waals surface area contributed by atoms with E-state index in [2.05, 4.69) is 0 Å². The van der Waals surface area contributed by atoms with E-state index in [1.54, 1.807) is 11.9 Å². The van der Waals surface area contributed by atoms with E-state index in [-0.39, 0.29) is 18.1 Å². The van der Waals surface area contributed by atoms with E-state index in [0.717, 1.165) is 12.8 Å². The lowest BCUT2D eigenvalue weighted by molar-refractivity contribution is -0.142. The summed E-state index contributed by atoms with van der Waals surface area (Å²) in [5, 5.41) is 17.6. The molecular weight excluding hydrogens is 234 g/mol. The Kier molecular flexibility index (Phi) is 3.41. The van der Waals surface area contributed by atoms with Gasteiger partial charge in [0.15, 0.2) is 0 Å². The molecule has 6 nitrogen and oxygen atoms in total. The molecule has 3 atom stereocenters. The van der Waals surface area contributed by atoms with Crippen molar-refractivity contribution in [3.8, 4) is 6.07 Å². The Morgan fingerprint density at radius 3 is 2.78 bits per heavy atom. The molecule has 2 aliphatic heterocycles. The maximum atomic E-state index is 12.2. The fraction of sp³-hybridized carbons (Fsp3) is 0.750. The van der Waals surface area contributed by atoms with Crippen LogP contribution in [0.1, 0.15) is 25.7 Å². The van der Waals surface area contributed by atoms with Gasteiger partial charge in [-0.15, -0.1) is 0 Å². The minimum atomic E-state index is -0.806. The van der Waals surface area contributed by atoms with Crippen LogP contribution in [-0.4, -0.2) is 52.6 Å². The van der Waals surface area contributed by atoms with Crippen LogP contribution in [0.5, 0.6) is 0 Å². The largest absolute Gasteiger partial charge is 0.481 e. The van der Waals surface area contributed by atoms with E-state index in [4.69, 9.17) is 10.4 Å². The molecule has 6 heteroatoms. The number of carbonyl (C=O) groups excluding carboxylic acids is 1. The second-order valence-corrected chi connectivity index (χ2v) is 5.00. The van der Waals surface area contributed by atoms with Crippen LogP contribution in [0.3, 0.4) is 0 Å². The van der Waals surface area contributed by atoms with Crippen LogP contribution < -0.4 is 0 Å². The highest BCUT2D eigenvalue weighted by molar-refractivity contribution is 5.79. The van der Waals surface area contributed by atoms with Crippen LogP contribution in [0.4, 0.5) is 4.79 Å². The highest BCUT2D eigenvalue weighted by Gasteiger charge is 2.51. The van der Waals surface area contributed by atoms with Gasteiger partial charge in [0.05, 0.1) is 18.4 Å². The molecule has 0 spiro atoms. The molecule has 2 amide bonds. The summed E-state index contributed by atoms with van der Waals surface area (Å²) in [6.45, 7) is 0.392. The fourth-order valence-electron chi connectivity index (χ4n) is 3.06. The number of fused-ring (bicyclic) bond motifs is 2. The number of hydrogen-bond acceptors (Lipinski definition) is 3. The van der Waals surface area contributed by atoms with E-state index in [1.807, 2.05) is 6.07 Å². The van der Waals surface area contributed by atoms with E-state index in [1.165, 1.54) is 4.90 Å². The number of carboxylic acid groups (broad SMARTS) is 1. The van der Waals surface area contributed by atoms with Crippen molar-refractivity contribution in [2.75, 3.05) is 13.6 Å². The number of aliphatic carboxylic acids is 1. The minimum Gasteiger partial charge on any atom is -0.481 e. The quantitative estimate of drug-likeness (QED) is 0.807. The summed E-state index contributed by atoms with van der Waals surface area (Å²) in [4.78, 5) is 26.6. The average Bonchev–Trinajstić information content (AvgIpc) is 2.92. The van der Waals surface area contributed by atoms with Crippen LogP contribution in [0.15, 0.2) is 0 Å². The van der Waals surface area contributed by atoms with Crippen LogP contribution >= 0.6 is 0 Å². The molecule has 0 radical (unpaired) electrons. The fourth-order valence-corrected chi connectivity index (χ4v) is 3.06. The van der Waals surface area contributed by atoms with Gasteiger partial charge < -0.3 is 14.9 Å². The Labute approximate surface area is 106 Å². The molecule has 18 heavy (non-hydrogen) atoms. The highest BCUT2D eigenvalue weighted by atomic mass is 16.4. The molecule has 2 aliphatic rings. The van der Waals surface area contributed by atoms with Gasteiger partial charge in [0, 0.05) is 25.7 Å². The van der Waals surface area contributed by atoms with Crippen molar-refractivity contribution in [2.24, 2.45) is 5.92 Å². The zero-order chi connectivity index (χ0) is 13.3. The van der Waals surface area contributed by atoms with Crippen LogP contribution in [0, 0.1) is 17.2 Å². The van der Waals surface area contributed by atoms with Crippen molar-refractivity contribution in [1.82, 2.24) is 9.80 Å². The molecule has 0 aromatic heterocycles. The SMILES string of the molecule is CN(CCC#N)C(=O)N1C2CCC1C(C(=O)O)C2. The van der Waals surface area contributed by atoms with E-state index >= 15 is 0 Å². The Morgan fingerprint density at radius 1 is 1.50 bits per heavy atom. The predicted molar refractivity (Wildman–Crippen MR) is 62.6 cm³/mol. The highest BCUT2D eigenvalue weighted by Crippen LogP contribution is 2.42. The van der Waals surface area contributed by atoms with Crippen molar-refractivity contribution in [3.63, 3.8) is 0 Å². The Balaban J connectivity index is 2.04. The van der Waals surface area contributed by atoms with Gasteiger partial charge in [-0.2, -0.15) is 5.26 Å². The zero-order valence-electron chi connectivity index (χ0n) is 10.4. The van der Waals surface area contributed by atoms with Crippen molar-refractivity contribution in [3.05, 3.63) is 0 Å². The summed E-state index contributed by atoms with van der Waals surface area (Å²) in [6.07, 6.45) is 2.54. The lowest BCUT2D eigenvalue weighted by Crippen LogP contribution is -2.45. The van der Waals surface area contributed by atoms with Gasteiger partial charge in [-0.1, -0.05) is 0 Å². The number of hydrogen-bond donors (Lipinski definition) is 1. The Morgan fingerprint density at radius 2 is 2.22 bits per heavy atom. The number of nitrogens with zero attached hydrogens (tertiary/aromatic N) is 3. The monoisotopic (exact) mass is 251 g/mol. The van der Waals surface area contributed by atoms with Crippen LogP contribution in [0.25, 0.3) is 0 Å². The number of amides is 2. The summed E-state index contributed by atoms with van der Waals surface area (Å²) in [5.41, 5.74) is 0. The second kappa shape index (κ2) is 4.84. The summed E-state index contributed by atoms with van der Waals surface area (Å²) >= 11 is 0. The summed E-state index contributed by atoms with van der Waals surface area (Å²) in [7, 11) is 1.66. The van der Waals surface area contributed by atoms with E-state index in [0.29, 0.717) is 19.4 Å². The van der Waals surface area contributed by atoms with Gasteiger partial charge >= 0.3 is 12.0 Å². The number of rotatable bonds is 3. The first-order valence-electron chi connectivity index (χ1n) is 6.19. The Bertz CT molecular complexity index is 404. The molecule has 2 bridgehead atoms. The molecule has 98 valence electrons. The molecule has 0 aromatic rings. The average molecular weight is 251 g/mol. The van der Waals surface area contributed by atoms with Crippen LogP contribution in [-0.2, 0) is 4.79 Å². The summed E-state index contributed by atoms with van der Waals surface area (Å²) < 4.78 is 0. The van der Waals surface area contributed by atoms with Crippen LogP contribution in [0.2, 0.25) is 0 Å². The smallest absolute Gasteiger partial charge is 0.320 e. The molecular formula is C12H17N3O3. The van der Waals surface area contributed by atoms with Crippen molar-refractivity contribution < 1.29 is 14.7 Å². The normalized spacial score (nSPS) is 29.1. The lowest BCUT2D eigenvalue weighted by Gasteiger charge is -2.28. The van der Waals surface area contributed by atoms with Crippen molar-refractivity contribution in [2.45, 2.75) is 37.8 Å². The molecule has 0 aliphatic carbocycles. The maximum Gasteiger partial charge on any atom is 0.320 e. The first-order valence-corrected chi connectivity index (χ1v) is 6.19. The van der Waals surface area contributed by atoms with Gasteiger partial charge in [-0.05, 0) is 19.3 Å². The molecule has 2 heterocycles. The third-order valence-electron chi connectivity index (χ3n) is 3.96. The third kappa shape index (κ3) is 2.01. The van der Waals surface area contributed by atoms with E-state index < -0.39 is 11.9 Å². The summed E-state index contributed by atoms with van der Waals surface area (Å²) in [5.74, 6) is -1.23. The Hall–Kier alpha value is -1.77. The maximum absolute atomic E-state index is 12.2. The molecule has 2 rings (SSSR count). The lowest BCUT2D eigenvalue weighted by atomic mass is 9.89.